The Labute approximate surface area is 286 Å². The Balaban J connectivity index is 1.63. The van der Waals surface area contributed by atoms with Crippen LogP contribution in [0.3, 0.4) is 0 Å². The molecule has 48 heavy (non-hydrogen) atoms. The molecule has 2 rings (SSSR count). The molecule has 4 amide bonds. The second kappa shape index (κ2) is 22.5. The van der Waals surface area contributed by atoms with Gasteiger partial charge >= 0.3 is 0 Å². The van der Waals surface area contributed by atoms with E-state index < -0.39 is 11.8 Å². The van der Waals surface area contributed by atoms with Crippen LogP contribution >= 0.6 is 0 Å². The highest BCUT2D eigenvalue weighted by atomic mass is 16.3. The lowest BCUT2D eigenvalue weighted by Gasteiger charge is -2.15. The predicted molar refractivity (Wildman–Crippen MR) is 189 cm³/mol. The van der Waals surface area contributed by atoms with Crippen molar-refractivity contribution in [2.75, 3.05) is 0 Å². The second-order valence-corrected chi connectivity index (χ2v) is 13.0. The molecule has 266 valence electrons. The van der Waals surface area contributed by atoms with Crippen LogP contribution in [0.5, 0.6) is 11.5 Å². The van der Waals surface area contributed by atoms with Gasteiger partial charge in [0, 0.05) is 11.8 Å². The lowest BCUT2D eigenvalue weighted by atomic mass is 9.99. The molecule has 2 aromatic rings. The van der Waals surface area contributed by atoms with Crippen LogP contribution in [-0.2, 0) is 22.4 Å². The third-order valence-electron chi connectivity index (χ3n) is 8.77. The van der Waals surface area contributed by atoms with E-state index in [1.165, 1.54) is 25.0 Å². The van der Waals surface area contributed by atoms with Crippen molar-refractivity contribution in [2.24, 2.45) is 11.8 Å². The Bertz CT molecular complexity index is 1210. The van der Waals surface area contributed by atoms with Crippen molar-refractivity contribution < 1.29 is 29.4 Å². The summed E-state index contributed by atoms with van der Waals surface area (Å²) in [7, 11) is 0. The molecule has 0 saturated carbocycles. The first-order chi connectivity index (χ1) is 23.1. The maximum atomic E-state index is 12.6. The summed E-state index contributed by atoms with van der Waals surface area (Å²) < 4.78 is 0. The normalized spacial score (nSPS) is 12.2. The summed E-state index contributed by atoms with van der Waals surface area (Å²) in [6, 6.07) is 10.0. The molecule has 2 atom stereocenters. The molecular formula is C38H58N4O6. The Morgan fingerprint density at radius 3 is 1.29 bits per heavy atom. The smallest absolute Gasteiger partial charge is 0.273 e. The maximum absolute atomic E-state index is 12.6. The molecule has 10 nitrogen and oxygen atoms in total. The molecule has 0 radical (unpaired) electrons. The number of aryl methyl sites for hydroxylation is 2. The quantitative estimate of drug-likeness (QED) is 0.0612. The zero-order valence-corrected chi connectivity index (χ0v) is 29.5. The van der Waals surface area contributed by atoms with Crippen LogP contribution in [0.25, 0.3) is 0 Å². The first-order valence-corrected chi connectivity index (χ1v) is 17.9. The fraction of sp³-hybridized carbons (Fsp3) is 0.579. The van der Waals surface area contributed by atoms with E-state index >= 15 is 0 Å². The topological polar surface area (TPSA) is 157 Å². The van der Waals surface area contributed by atoms with Gasteiger partial charge in [-0.25, -0.2) is 0 Å². The zero-order valence-electron chi connectivity index (χ0n) is 29.5. The van der Waals surface area contributed by atoms with Gasteiger partial charge in [0.25, 0.3) is 11.8 Å². The van der Waals surface area contributed by atoms with Crippen LogP contribution in [0.2, 0.25) is 0 Å². The number of nitrogens with one attached hydrogen (secondary N) is 4. The van der Waals surface area contributed by atoms with Gasteiger partial charge < -0.3 is 10.2 Å². The summed E-state index contributed by atoms with van der Waals surface area (Å²) in [4.78, 5) is 50.3. The molecule has 0 spiro atoms. The molecule has 2 unspecified atom stereocenters. The van der Waals surface area contributed by atoms with Crippen molar-refractivity contribution in [3.8, 4) is 11.5 Å². The van der Waals surface area contributed by atoms with Crippen LogP contribution in [0, 0.1) is 11.8 Å². The lowest BCUT2D eigenvalue weighted by Crippen LogP contribution is -2.44. The minimum Gasteiger partial charge on any atom is -0.507 e. The highest BCUT2D eigenvalue weighted by molar-refractivity contribution is 5.98. The number of hydrazine groups is 2. The third-order valence-corrected chi connectivity index (χ3v) is 8.77. The van der Waals surface area contributed by atoms with E-state index in [9.17, 15) is 29.4 Å². The first-order valence-electron chi connectivity index (χ1n) is 17.9. The van der Waals surface area contributed by atoms with E-state index in [0.717, 1.165) is 88.2 Å². The fourth-order valence-corrected chi connectivity index (χ4v) is 5.49. The number of rotatable bonds is 21. The monoisotopic (exact) mass is 666 g/mol. The Hall–Kier alpha value is -4.08. The number of phenolic OH excluding ortho intramolecular Hbond substituents is 2. The fourth-order valence-electron chi connectivity index (χ4n) is 5.49. The van der Waals surface area contributed by atoms with Gasteiger partial charge in [-0.15, -0.1) is 0 Å². The number of unbranched alkanes of at least 4 members (excludes halogenated alkanes) is 9. The highest BCUT2D eigenvalue weighted by Crippen LogP contribution is 2.21. The standard InChI is InChI=1S/C38H58N4O6/c1-5-7-9-15-19-29-21-23-33(43)31(25-29)37(47)41-39-35(45)27(3)17-13-11-12-14-18-28(4)36(46)40-42-38(48)32-26-30(22-24-34(32)44)20-16-10-8-6-2/h21-28,43-44H,5-20H2,1-4H3,(H,39,45)(H,40,46)(H,41,47)(H,42,48). The van der Waals surface area contributed by atoms with Gasteiger partial charge in [-0.1, -0.05) is 104 Å². The number of amides is 4. The number of carbonyl (C=O) groups excluding carboxylic acids is 4. The molecule has 0 heterocycles. The molecule has 0 aliphatic rings. The van der Waals surface area contributed by atoms with E-state index in [1.807, 2.05) is 12.1 Å². The molecule has 0 aliphatic carbocycles. The van der Waals surface area contributed by atoms with Crippen molar-refractivity contribution >= 4 is 23.6 Å². The van der Waals surface area contributed by atoms with Gasteiger partial charge in [-0.2, -0.15) is 0 Å². The summed E-state index contributed by atoms with van der Waals surface area (Å²) >= 11 is 0. The van der Waals surface area contributed by atoms with Gasteiger partial charge in [-0.05, 0) is 73.9 Å². The SMILES string of the molecule is CCCCCCc1ccc(O)c(C(=O)NNC(=O)C(C)CCCCCCC(C)C(=O)NNC(=O)c2cc(CCCCCC)ccc2O)c1. The van der Waals surface area contributed by atoms with Gasteiger partial charge in [0.05, 0.1) is 11.1 Å². The number of carbonyl (C=O) groups is 4. The summed E-state index contributed by atoms with van der Waals surface area (Å²) in [6.45, 7) is 7.92. The van der Waals surface area contributed by atoms with Crippen LogP contribution in [0.4, 0.5) is 0 Å². The van der Waals surface area contributed by atoms with Crippen LogP contribution in [0.1, 0.15) is 149 Å². The molecular weight excluding hydrogens is 608 g/mol. The summed E-state index contributed by atoms with van der Waals surface area (Å²) in [5, 5.41) is 20.3. The molecule has 2 aromatic carbocycles. The molecule has 0 aromatic heterocycles. The van der Waals surface area contributed by atoms with Crippen molar-refractivity contribution in [2.45, 2.75) is 130 Å². The lowest BCUT2D eigenvalue weighted by molar-refractivity contribution is -0.126. The average Bonchev–Trinajstić information content (AvgIpc) is 3.08. The van der Waals surface area contributed by atoms with Crippen LogP contribution in [-0.4, -0.2) is 33.8 Å². The second-order valence-electron chi connectivity index (χ2n) is 13.0. The summed E-state index contributed by atoms with van der Waals surface area (Å²) in [5.41, 5.74) is 12.0. The Morgan fingerprint density at radius 2 is 0.917 bits per heavy atom. The van der Waals surface area contributed by atoms with E-state index in [0.29, 0.717) is 12.8 Å². The van der Waals surface area contributed by atoms with Crippen molar-refractivity contribution in [1.82, 2.24) is 21.7 Å². The van der Waals surface area contributed by atoms with E-state index in [2.05, 4.69) is 35.6 Å². The van der Waals surface area contributed by atoms with Crippen LogP contribution < -0.4 is 21.7 Å². The molecule has 6 N–H and O–H groups in total. The third kappa shape index (κ3) is 14.8. The minimum absolute atomic E-state index is 0.127. The van der Waals surface area contributed by atoms with Gasteiger partial charge in [0.1, 0.15) is 11.5 Å². The van der Waals surface area contributed by atoms with Gasteiger partial charge in [-0.3, -0.25) is 40.9 Å². The first kappa shape index (κ1) is 40.1. The number of phenols is 2. The molecule has 0 bridgehead atoms. The van der Waals surface area contributed by atoms with E-state index in [4.69, 9.17) is 0 Å². The van der Waals surface area contributed by atoms with Crippen molar-refractivity contribution in [3.05, 3.63) is 58.7 Å². The Morgan fingerprint density at radius 1 is 0.542 bits per heavy atom. The molecule has 0 fully saturated rings. The summed E-state index contributed by atoms with van der Waals surface area (Å²) in [6.07, 6.45) is 15.3. The average molecular weight is 667 g/mol. The highest BCUT2D eigenvalue weighted by Gasteiger charge is 2.18. The summed E-state index contributed by atoms with van der Waals surface area (Å²) in [5.74, 6) is -2.56. The maximum Gasteiger partial charge on any atom is 0.273 e. The van der Waals surface area contributed by atoms with Crippen molar-refractivity contribution in [1.29, 1.82) is 0 Å². The zero-order chi connectivity index (χ0) is 35.3. The van der Waals surface area contributed by atoms with Crippen molar-refractivity contribution in [3.63, 3.8) is 0 Å². The van der Waals surface area contributed by atoms with Gasteiger partial charge in [0.15, 0.2) is 0 Å². The number of benzene rings is 2. The molecule has 0 aliphatic heterocycles. The number of aromatic hydroxyl groups is 2. The largest absolute Gasteiger partial charge is 0.507 e. The molecule has 10 heteroatoms. The van der Waals surface area contributed by atoms with E-state index in [-0.39, 0.29) is 46.3 Å². The molecule has 0 saturated heterocycles. The predicted octanol–water partition coefficient (Wildman–Crippen LogP) is 7.18. The number of hydrogen-bond donors (Lipinski definition) is 6. The van der Waals surface area contributed by atoms with Gasteiger partial charge in [0.2, 0.25) is 11.8 Å². The van der Waals surface area contributed by atoms with E-state index in [1.54, 1.807) is 26.0 Å². The number of hydrogen-bond acceptors (Lipinski definition) is 6. The van der Waals surface area contributed by atoms with Crippen LogP contribution in [0.15, 0.2) is 36.4 Å². The minimum atomic E-state index is -0.554. The Kier molecular flexibility index (Phi) is 18.8.